The second-order valence-corrected chi connectivity index (χ2v) is 16.9. The van der Waals surface area contributed by atoms with Crippen LogP contribution in [0.15, 0.2) is 60.8 Å². The van der Waals surface area contributed by atoms with Gasteiger partial charge in [0.15, 0.2) is 6.29 Å². The van der Waals surface area contributed by atoms with Crippen LogP contribution in [0.5, 0.6) is 0 Å². The van der Waals surface area contributed by atoms with E-state index in [4.69, 9.17) is 18.9 Å². The maximum absolute atomic E-state index is 12.8. The highest BCUT2D eigenvalue weighted by atomic mass is 16.7. The molecule has 1 aliphatic rings. The van der Waals surface area contributed by atoms with Crippen LogP contribution in [0.2, 0.25) is 0 Å². The van der Waals surface area contributed by atoms with Gasteiger partial charge in [-0.1, -0.05) is 177 Å². The van der Waals surface area contributed by atoms with Gasteiger partial charge in [0.1, 0.15) is 30.5 Å². The number of aliphatic hydroxyl groups is 4. The van der Waals surface area contributed by atoms with Crippen molar-refractivity contribution in [1.82, 2.24) is 0 Å². The predicted octanol–water partition coefficient (Wildman–Crippen LogP) is 11.9. The molecule has 1 fully saturated rings. The average Bonchev–Trinajstić information content (AvgIpc) is 3.26. The van der Waals surface area contributed by atoms with Crippen molar-refractivity contribution in [3.63, 3.8) is 0 Å². The van der Waals surface area contributed by atoms with Crippen molar-refractivity contribution < 1.29 is 44.2 Å². The molecule has 9 nitrogen and oxygen atoms in total. The van der Waals surface area contributed by atoms with Crippen LogP contribution in [0.25, 0.3) is 0 Å². The number of rotatable bonds is 42. The molecule has 6 unspecified atom stereocenters. The summed E-state index contributed by atoms with van der Waals surface area (Å²) in [4.78, 5) is 12.8. The fourth-order valence-corrected chi connectivity index (χ4v) is 7.30. The Morgan fingerprint density at radius 1 is 0.541 bits per heavy atom. The Morgan fingerprint density at radius 2 is 1.00 bits per heavy atom. The van der Waals surface area contributed by atoms with Crippen molar-refractivity contribution in [2.45, 2.75) is 237 Å². The van der Waals surface area contributed by atoms with Gasteiger partial charge in [-0.3, -0.25) is 4.79 Å². The van der Waals surface area contributed by atoms with E-state index in [0.29, 0.717) is 13.0 Å². The van der Waals surface area contributed by atoms with Crippen LogP contribution < -0.4 is 0 Å². The SMILES string of the molecule is CC/C=C\C/C=C\C/C=C\C/C=C\CCCCCCCCC(=O)OC(COCCCCCCCCCC/C=C\CCCCCCCCC)COC1OC(CO)C(O)C(O)C1O. The lowest BCUT2D eigenvalue weighted by atomic mass is 9.99. The van der Waals surface area contributed by atoms with E-state index in [1.54, 1.807) is 0 Å². The summed E-state index contributed by atoms with van der Waals surface area (Å²) < 4.78 is 22.9. The summed E-state index contributed by atoms with van der Waals surface area (Å²) in [6.45, 7) is 4.43. The minimum Gasteiger partial charge on any atom is -0.457 e. The van der Waals surface area contributed by atoms with Crippen LogP contribution in [0.4, 0.5) is 0 Å². The summed E-state index contributed by atoms with van der Waals surface area (Å²) in [5.41, 5.74) is 0. The lowest BCUT2D eigenvalue weighted by molar-refractivity contribution is -0.305. The van der Waals surface area contributed by atoms with Gasteiger partial charge in [-0.05, 0) is 77.0 Å². The standard InChI is InChI=1S/C52H92O9/c1-3-5-7-9-11-13-15-17-19-21-23-25-27-29-31-33-35-37-39-41-48(54)60-46(45-59-52-51(57)50(56)49(55)47(43-53)61-52)44-58-42-40-38-36-34-32-30-28-26-24-22-20-18-16-14-12-10-8-6-4-2/h5,7,11,13,17,19-20,22-23,25,46-47,49-53,55-57H,3-4,6,8-10,12,14-16,18,21,24,26-45H2,1-2H3/b7-5-,13-11-,19-17-,22-20-,25-23-. The van der Waals surface area contributed by atoms with Crippen molar-refractivity contribution in [3.05, 3.63) is 60.8 Å². The fraction of sp³-hybridized carbons (Fsp3) is 0.788. The van der Waals surface area contributed by atoms with Crippen LogP contribution in [0.3, 0.4) is 0 Å². The molecular formula is C52H92O9. The first-order valence-corrected chi connectivity index (χ1v) is 24.9. The summed E-state index contributed by atoms with van der Waals surface area (Å²) in [6.07, 6.45) is 48.2. The zero-order chi connectivity index (χ0) is 44.3. The minimum absolute atomic E-state index is 0.122. The maximum atomic E-state index is 12.8. The summed E-state index contributed by atoms with van der Waals surface area (Å²) in [5.74, 6) is -0.329. The molecule has 1 heterocycles. The number of hydrogen-bond donors (Lipinski definition) is 4. The first-order valence-electron chi connectivity index (χ1n) is 24.9. The highest BCUT2D eigenvalue weighted by Gasteiger charge is 2.44. The van der Waals surface area contributed by atoms with E-state index < -0.39 is 43.4 Å². The fourth-order valence-electron chi connectivity index (χ4n) is 7.30. The Labute approximate surface area is 373 Å². The molecule has 1 aliphatic heterocycles. The van der Waals surface area contributed by atoms with Gasteiger partial charge in [0.05, 0.1) is 19.8 Å². The van der Waals surface area contributed by atoms with E-state index in [1.165, 1.54) is 109 Å². The summed E-state index contributed by atoms with van der Waals surface area (Å²) in [5, 5.41) is 40.2. The maximum Gasteiger partial charge on any atom is 0.306 e. The lowest BCUT2D eigenvalue weighted by Gasteiger charge is -2.39. The second-order valence-electron chi connectivity index (χ2n) is 16.9. The van der Waals surface area contributed by atoms with Crippen molar-refractivity contribution >= 4 is 5.97 Å². The number of hydrogen-bond acceptors (Lipinski definition) is 9. The molecule has 0 bridgehead atoms. The molecule has 0 aromatic carbocycles. The first-order chi connectivity index (χ1) is 29.9. The molecule has 9 heteroatoms. The van der Waals surface area contributed by atoms with Crippen LogP contribution in [0, 0.1) is 0 Å². The number of carbonyl (C=O) groups is 1. The quantitative estimate of drug-likeness (QED) is 0.0269. The van der Waals surface area contributed by atoms with Crippen molar-refractivity contribution in [3.8, 4) is 0 Å². The average molecular weight is 861 g/mol. The normalized spacial score (nSPS) is 20.4. The van der Waals surface area contributed by atoms with Crippen molar-refractivity contribution in [2.75, 3.05) is 26.4 Å². The highest BCUT2D eigenvalue weighted by Crippen LogP contribution is 2.22. The Balaban J connectivity index is 2.24. The summed E-state index contributed by atoms with van der Waals surface area (Å²) in [7, 11) is 0. The van der Waals surface area contributed by atoms with Crippen LogP contribution in [0.1, 0.15) is 200 Å². The Morgan fingerprint density at radius 3 is 1.52 bits per heavy atom. The molecule has 1 rings (SSSR count). The lowest BCUT2D eigenvalue weighted by Crippen LogP contribution is -2.59. The predicted molar refractivity (Wildman–Crippen MR) is 251 cm³/mol. The smallest absolute Gasteiger partial charge is 0.306 e. The number of ether oxygens (including phenoxy) is 4. The topological polar surface area (TPSA) is 135 Å². The van der Waals surface area contributed by atoms with E-state index in [1.807, 2.05) is 0 Å². The molecule has 354 valence electrons. The van der Waals surface area contributed by atoms with Crippen LogP contribution in [-0.2, 0) is 23.7 Å². The van der Waals surface area contributed by atoms with Gasteiger partial charge in [0.25, 0.3) is 0 Å². The van der Waals surface area contributed by atoms with E-state index >= 15 is 0 Å². The zero-order valence-corrected chi connectivity index (χ0v) is 38.9. The van der Waals surface area contributed by atoms with Crippen LogP contribution >= 0.6 is 0 Å². The molecule has 1 saturated heterocycles. The number of esters is 1. The highest BCUT2D eigenvalue weighted by molar-refractivity contribution is 5.69. The largest absolute Gasteiger partial charge is 0.457 e. The minimum atomic E-state index is -1.54. The van der Waals surface area contributed by atoms with Gasteiger partial charge in [-0.2, -0.15) is 0 Å². The summed E-state index contributed by atoms with van der Waals surface area (Å²) >= 11 is 0. The molecule has 61 heavy (non-hydrogen) atoms. The molecule has 6 atom stereocenters. The number of aliphatic hydroxyl groups excluding tert-OH is 4. The van der Waals surface area contributed by atoms with E-state index in [9.17, 15) is 25.2 Å². The Bertz CT molecular complexity index is 1120. The third-order valence-corrected chi connectivity index (χ3v) is 11.2. The molecule has 0 aromatic rings. The zero-order valence-electron chi connectivity index (χ0n) is 38.9. The van der Waals surface area contributed by atoms with Crippen molar-refractivity contribution in [2.24, 2.45) is 0 Å². The first kappa shape index (κ1) is 56.9. The third-order valence-electron chi connectivity index (χ3n) is 11.2. The monoisotopic (exact) mass is 861 g/mol. The van der Waals surface area contributed by atoms with Gasteiger partial charge in [0.2, 0.25) is 0 Å². The number of carbonyl (C=O) groups excluding carboxylic acids is 1. The van der Waals surface area contributed by atoms with E-state index in [-0.39, 0.29) is 19.2 Å². The number of unbranched alkanes of at least 4 members (excludes halogenated alkanes) is 21. The molecule has 0 saturated carbocycles. The molecule has 0 spiro atoms. The van der Waals surface area contributed by atoms with E-state index in [2.05, 4.69) is 74.6 Å². The van der Waals surface area contributed by atoms with Crippen molar-refractivity contribution in [1.29, 1.82) is 0 Å². The van der Waals surface area contributed by atoms with Gasteiger partial charge >= 0.3 is 5.97 Å². The van der Waals surface area contributed by atoms with E-state index in [0.717, 1.165) is 70.6 Å². The Hall–Kier alpha value is -2.11. The summed E-state index contributed by atoms with van der Waals surface area (Å²) in [6, 6.07) is 0. The molecule has 0 radical (unpaired) electrons. The van der Waals surface area contributed by atoms with Gasteiger partial charge < -0.3 is 39.4 Å². The second kappa shape index (κ2) is 43.2. The molecule has 0 aromatic heterocycles. The number of allylic oxidation sites excluding steroid dienone is 10. The van der Waals surface area contributed by atoms with Gasteiger partial charge in [-0.15, -0.1) is 0 Å². The van der Waals surface area contributed by atoms with Crippen LogP contribution in [-0.4, -0.2) is 89.6 Å². The molecular weight excluding hydrogens is 769 g/mol. The third kappa shape index (κ3) is 34.0. The molecule has 4 N–H and O–H groups in total. The van der Waals surface area contributed by atoms with Gasteiger partial charge in [0, 0.05) is 13.0 Å². The Kier molecular flexibility index (Phi) is 40.3. The van der Waals surface area contributed by atoms with Gasteiger partial charge in [-0.25, -0.2) is 0 Å². The molecule has 0 aliphatic carbocycles. The molecule has 0 amide bonds.